The topological polar surface area (TPSA) is 70.2 Å². The molecule has 6 heteroatoms. The molecule has 1 heterocycles. The molecule has 0 fully saturated rings. The number of ether oxygens (including phenoxy) is 1. The van der Waals surface area contributed by atoms with Crippen molar-refractivity contribution in [1.29, 1.82) is 0 Å². The summed E-state index contributed by atoms with van der Waals surface area (Å²) in [4.78, 5) is 22.8. The molecule has 3 rings (SSSR count). The van der Waals surface area contributed by atoms with Crippen LogP contribution in [0, 0.1) is 0 Å². The normalized spacial score (nSPS) is 11.6. The maximum atomic E-state index is 12.3. The largest absolute Gasteiger partial charge is 0.449 e. The van der Waals surface area contributed by atoms with E-state index in [1.165, 1.54) is 5.56 Å². The first-order valence-corrected chi connectivity index (χ1v) is 11.6. The Balaban J connectivity index is 1.96. The molecule has 32 heavy (non-hydrogen) atoms. The number of carbonyl (C=O) groups excluding carboxylic acids is 1. The van der Waals surface area contributed by atoms with Gasteiger partial charge in [-0.3, -0.25) is 5.32 Å². The van der Waals surface area contributed by atoms with E-state index in [-0.39, 0.29) is 5.41 Å². The number of nitrogens with one attached hydrogen (secondary N) is 2. The molecule has 0 radical (unpaired) electrons. The minimum Gasteiger partial charge on any atom is -0.449 e. The molecule has 0 aliphatic rings. The van der Waals surface area contributed by atoms with Crippen LogP contribution in [0.15, 0.2) is 36.4 Å². The van der Waals surface area contributed by atoms with Crippen molar-refractivity contribution in [2.45, 2.75) is 59.8 Å². The molecule has 0 aliphatic heterocycles. The third-order valence-electron chi connectivity index (χ3n) is 5.70. The molecule has 2 N–H and O–H groups in total. The van der Waals surface area contributed by atoms with Gasteiger partial charge in [-0.1, -0.05) is 58.4 Å². The van der Waals surface area contributed by atoms with Gasteiger partial charge < -0.3 is 14.6 Å². The van der Waals surface area contributed by atoms with Crippen molar-refractivity contribution in [3.05, 3.63) is 42.0 Å². The highest BCUT2D eigenvalue weighted by Crippen LogP contribution is 2.33. The second-order valence-electron chi connectivity index (χ2n) is 9.09. The van der Waals surface area contributed by atoms with E-state index in [2.05, 4.69) is 81.0 Å². The summed E-state index contributed by atoms with van der Waals surface area (Å²) in [6.07, 6.45) is 1.41. The molecule has 0 spiro atoms. The van der Waals surface area contributed by atoms with Gasteiger partial charge >= 0.3 is 6.09 Å². The maximum absolute atomic E-state index is 12.3. The van der Waals surface area contributed by atoms with Crippen LogP contribution in [0.4, 0.5) is 16.2 Å². The maximum Gasteiger partial charge on any atom is 0.411 e. The van der Waals surface area contributed by atoms with Gasteiger partial charge in [-0.25, -0.2) is 9.78 Å². The number of imidazole rings is 1. The van der Waals surface area contributed by atoms with Crippen molar-refractivity contribution in [2.75, 3.05) is 29.9 Å². The molecule has 2 aromatic carbocycles. The summed E-state index contributed by atoms with van der Waals surface area (Å²) in [7, 11) is 0. The van der Waals surface area contributed by atoms with Crippen LogP contribution >= 0.6 is 0 Å². The van der Waals surface area contributed by atoms with Gasteiger partial charge in [-0.05, 0) is 43.4 Å². The van der Waals surface area contributed by atoms with Crippen molar-refractivity contribution in [2.24, 2.45) is 0 Å². The number of aromatic nitrogens is 2. The number of unbranched alkanes of at least 4 members (excludes halogenated alkanes) is 1. The molecule has 6 nitrogen and oxygen atoms in total. The summed E-state index contributed by atoms with van der Waals surface area (Å²) in [5.41, 5.74) is 5.84. The number of rotatable bonds is 8. The molecule has 1 aromatic heterocycles. The number of amides is 1. The zero-order valence-electron chi connectivity index (χ0n) is 20.2. The number of fused-ring (bicyclic) bond motifs is 1. The van der Waals surface area contributed by atoms with Gasteiger partial charge in [-0.2, -0.15) is 0 Å². The van der Waals surface area contributed by atoms with Crippen LogP contribution in [0.5, 0.6) is 0 Å². The van der Waals surface area contributed by atoms with Gasteiger partial charge in [0, 0.05) is 18.7 Å². The van der Waals surface area contributed by atoms with Crippen LogP contribution in [0.1, 0.15) is 59.9 Å². The number of benzene rings is 2. The Kier molecular flexibility index (Phi) is 7.44. The van der Waals surface area contributed by atoms with Crippen molar-refractivity contribution < 1.29 is 9.53 Å². The average molecular weight is 437 g/mol. The second-order valence-corrected chi connectivity index (χ2v) is 9.09. The van der Waals surface area contributed by atoms with Crippen molar-refractivity contribution in [1.82, 2.24) is 9.97 Å². The van der Waals surface area contributed by atoms with E-state index in [0.29, 0.717) is 6.61 Å². The molecule has 0 saturated carbocycles. The number of H-pyrrole nitrogens is 1. The van der Waals surface area contributed by atoms with E-state index in [0.717, 1.165) is 59.7 Å². The highest BCUT2D eigenvalue weighted by Gasteiger charge is 2.17. The molecule has 0 atom stereocenters. The molecular formula is C26H36N4O2. The van der Waals surface area contributed by atoms with Gasteiger partial charge in [0.1, 0.15) is 5.82 Å². The lowest BCUT2D eigenvalue weighted by atomic mass is 9.87. The summed E-state index contributed by atoms with van der Waals surface area (Å²) in [6.45, 7) is 15.0. The number of hydrogen-bond donors (Lipinski definition) is 2. The number of anilines is 2. The van der Waals surface area contributed by atoms with Crippen molar-refractivity contribution in [3.8, 4) is 11.4 Å². The Morgan fingerprint density at radius 3 is 2.38 bits per heavy atom. The zero-order valence-corrected chi connectivity index (χ0v) is 20.2. The standard InChI is InChI=1S/C26H36N4O2/c1-7-10-15-32-25(31)29-22-16-20-21(17-23(22)30(8-2)9-3)28-24(27-20)18-11-13-19(14-12-18)26(4,5)6/h11-14,16-17H,7-10,15H2,1-6H3,(H,27,28)(H,29,31). The van der Waals surface area contributed by atoms with E-state index >= 15 is 0 Å². The van der Waals surface area contributed by atoms with Crippen molar-refractivity contribution >= 4 is 28.5 Å². The highest BCUT2D eigenvalue weighted by molar-refractivity contribution is 5.96. The van der Waals surface area contributed by atoms with E-state index < -0.39 is 6.09 Å². The third-order valence-corrected chi connectivity index (χ3v) is 5.70. The number of nitrogens with zero attached hydrogens (tertiary/aromatic N) is 2. The van der Waals surface area contributed by atoms with E-state index in [9.17, 15) is 4.79 Å². The lowest BCUT2D eigenvalue weighted by molar-refractivity contribution is 0.160. The van der Waals surface area contributed by atoms with Crippen LogP contribution in [0.25, 0.3) is 22.4 Å². The first-order chi connectivity index (χ1) is 15.3. The summed E-state index contributed by atoms with van der Waals surface area (Å²) in [6, 6.07) is 12.5. The Morgan fingerprint density at radius 1 is 1.09 bits per heavy atom. The SMILES string of the molecule is CCCCOC(=O)Nc1cc2[nH]c(-c3ccc(C(C)(C)C)cc3)nc2cc1N(CC)CC. The lowest BCUT2D eigenvalue weighted by Crippen LogP contribution is -2.24. The average Bonchev–Trinajstić information content (AvgIpc) is 3.17. The van der Waals surface area contributed by atoms with E-state index in [4.69, 9.17) is 9.72 Å². The zero-order chi connectivity index (χ0) is 23.3. The minimum absolute atomic E-state index is 0.109. The fourth-order valence-corrected chi connectivity index (χ4v) is 3.69. The van der Waals surface area contributed by atoms with Gasteiger partial charge in [0.2, 0.25) is 0 Å². The molecule has 3 aromatic rings. The molecule has 0 aliphatic carbocycles. The van der Waals surface area contributed by atoms with E-state index in [1.807, 2.05) is 12.1 Å². The molecule has 172 valence electrons. The van der Waals surface area contributed by atoms with E-state index in [1.54, 1.807) is 0 Å². The monoisotopic (exact) mass is 436 g/mol. The predicted molar refractivity (Wildman–Crippen MR) is 134 cm³/mol. The van der Waals surface area contributed by atoms with Crippen LogP contribution in [0.3, 0.4) is 0 Å². The molecular weight excluding hydrogens is 400 g/mol. The molecule has 0 unspecified atom stereocenters. The van der Waals surface area contributed by atoms with Crippen LogP contribution < -0.4 is 10.2 Å². The minimum atomic E-state index is -0.427. The summed E-state index contributed by atoms with van der Waals surface area (Å²) in [5.74, 6) is 0.814. The van der Waals surface area contributed by atoms with Gasteiger partial charge in [0.25, 0.3) is 0 Å². The number of aromatic amines is 1. The first-order valence-electron chi connectivity index (χ1n) is 11.6. The lowest BCUT2D eigenvalue weighted by Gasteiger charge is -2.24. The van der Waals surface area contributed by atoms with Crippen molar-refractivity contribution in [3.63, 3.8) is 0 Å². The number of hydrogen-bond acceptors (Lipinski definition) is 4. The predicted octanol–water partition coefficient (Wildman–Crippen LogP) is 6.72. The Bertz CT molecular complexity index is 1040. The Hall–Kier alpha value is -3.02. The Labute approximate surface area is 191 Å². The summed E-state index contributed by atoms with van der Waals surface area (Å²) >= 11 is 0. The quantitative estimate of drug-likeness (QED) is 0.384. The fraction of sp³-hybridized carbons (Fsp3) is 0.462. The number of carbonyl (C=O) groups is 1. The molecule has 1 amide bonds. The highest BCUT2D eigenvalue weighted by atomic mass is 16.5. The second kappa shape index (κ2) is 10.1. The fourth-order valence-electron chi connectivity index (χ4n) is 3.69. The molecule has 0 bridgehead atoms. The van der Waals surface area contributed by atoms with Crippen LogP contribution in [-0.2, 0) is 10.2 Å². The van der Waals surface area contributed by atoms with Gasteiger partial charge in [0.05, 0.1) is 29.0 Å². The van der Waals surface area contributed by atoms with Gasteiger partial charge in [0.15, 0.2) is 0 Å². The third kappa shape index (κ3) is 5.42. The van der Waals surface area contributed by atoms with Crippen LogP contribution in [0.2, 0.25) is 0 Å². The smallest absolute Gasteiger partial charge is 0.411 e. The summed E-state index contributed by atoms with van der Waals surface area (Å²) in [5, 5.41) is 2.93. The summed E-state index contributed by atoms with van der Waals surface area (Å²) < 4.78 is 5.32. The first kappa shape index (κ1) is 23.6. The van der Waals surface area contributed by atoms with Gasteiger partial charge in [-0.15, -0.1) is 0 Å². The van der Waals surface area contributed by atoms with Crippen LogP contribution in [-0.4, -0.2) is 35.8 Å². The molecule has 0 saturated heterocycles. The Morgan fingerprint density at radius 2 is 1.78 bits per heavy atom.